The van der Waals surface area contributed by atoms with Crippen molar-refractivity contribution in [1.29, 1.82) is 0 Å². The van der Waals surface area contributed by atoms with E-state index in [0.717, 1.165) is 16.7 Å². The van der Waals surface area contributed by atoms with E-state index in [2.05, 4.69) is 6.07 Å². The summed E-state index contributed by atoms with van der Waals surface area (Å²) in [5, 5.41) is 19.4. The summed E-state index contributed by atoms with van der Waals surface area (Å²) in [5.74, 6) is 1.26. The Hall–Kier alpha value is -3.14. The first-order valence-electron chi connectivity index (χ1n) is 8.22. The molecule has 25 heavy (non-hydrogen) atoms. The van der Waals surface area contributed by atoms with Gasteiger partial charge in [-0.3, -0.25) is 0 Å². The molecule has 0 fully saturated rings. The normalized spacial score (nSPS) is 19.0. The van der Waals surface area contributed by atoms with E-state index in [4.69, 9.17) is 10.5 Å². The number of rotatable bonds is 2. The number of nitrogens with two attached hydrogens (primary N) is 1. The van der Waals surface area contributed by atoms with Crippen molar-refractivity contribution in [2.45, 2.75) is 11.8 Å². The molecule has 0 saturated heterocycles. The van der Waals surface area contributed by atoms with Crippen LogP contribution in [0.2, 0.25) is 0 Å². The second-order valence-electron chi connectivity index (χ2n) is 6.38. The molecular formula is C21H19NO3. The Kier molecular flexibility index (Phi) is 3.73. The van der Waals surface area contributed by atoms with Gasteiger partial charge in [0.25, 0.3) is 0 Å². The van der Waals surface area contributed by atoms with Gasteiger partial charge in [-0.25, -0.2) is 0 Å². The first-order valence-corrected chi connectivity index (χ1v) is 8.22. The number of fused-ring (bicyclic) bond motifs is 1. The first-order chi connectivity index (χ1) is 12.1. The molecule has 3 aromatic rings. The van der Waals surface area contributed by atoms with Gasteiger partial charge < -0.3 is 20.7 Å². The van der Waals surface area contributed by atoms with E-state index in [1.54, 1.807) is 24.3 Å². The van der Waals surface area contributed by atoms with E-state index in [1.807, 2.05) is 36.4 Å². The molecule has 0 spiro atoms. The maximum Gasteiger partial charge on any atom is 0.126 e. The minimum absolute atomic E-state index is 0.0531. The van der Waals surface area contributed by atoms with E-state index < -0.39 is 0 Å². The molecule has 4 N–H and O–H groups in total. The van der Waals surface area contributed by atoms with Crippen molar-refractivity contribution in [3.05, 3.63) is 83.4 Å². The maximum absolute atomic E-state index is 9.77. The quantitative estimate of drug-likeness (QED) is 0.620. The molecule has 0 unspecified atom stereocenters. The highest BCUT2D eigenvalue weighted by atomic mass is 16.5. The predicted octanol–water partition coefficient (Wildman–Crippen LogP) is 3.99. The van der Waals surface area contributed by atoms with Crippen LogP contribution in [0.15, 0.2) is 66.7 Å². The van der Waals surface area contributed by atoms with Crippen molar-refractivity contribution in [2.75, 3.05) is 12.3 Å². The van der Waals surface area contributed by atoms with E-state index in [9.17, 15) is 10.2 Å². The molecule has 0 bridgehead atoms. The van der Waals surface area contributed by atoms with Crippen LogP contribution in [0, 0.1) is 0 Å². The van der Waals surface area contributed by atoms with Crippen molar-refractivity contribution in [1.82, 2.24) is 0 Å². The largest absolute Gasteiger partial charge is 0.508 e. The van der Waals surface area contributed by atoms with Crippen LogP contribution in [0.4, 0.5) is 5.69 Å². The lowest BCUT2D eigenvalue weighted by atomic mass is 9.76. The Labute approximate surface area is 146 Å². The van der Waals surface area contributed by atoms with Crippen LogP contribution in [0.3, 0.4) is 0 Å². The maximum atomic E-state index is 9.77. The van der Waals surface area contributed by atoms with E-state index in [1.165, 1.54) is 0 Å². The number of ether oxygens (including phenoxy) is 1. The molecule has 1 aliphatic rings. The smallest absolute Gasteiger partial charge is 0.126 e. The van der Waals surface area contributed by atoms with Gasteiger partial charge in [-0.15, -0.1) is 0 Å². The topological polar surface area (TPSA) is 75.7 Å². The summed E-state index contributed by atoms with van der Waals surface area (Å²) in [6.07, 6.45) is 0. The van der Waals surface area contributed by atoms with Crippen LogP contribution >= 0.6 is 0 Å². The fourth-order valence-electron chi connectivity index (χ4n) is 3.57. The molecule has 0 saturated carbocycles. The molecule has 0 radical (unpaired) electrons. The summed E-state index contributed by atoms with van der Waals surface area (Å²) in [4.78, 5) is 0. The van der Waals surface area contributed by atoms with Crippen molar-refractivity contribution >= 4 is 5.69 Å². The van der Waals surface area contributed by atoms with Crippen LogP contribution < -0.4 is 10.5 Å². The van der Waals surface area contributed by atoms with Crippen LogP contribution in [0.5, 0.6) is 17.2 Å². The number of phenolic OH excluding ortho intramolecular Hbond substituents is 2. The fraction of sp³-hybridized carbons (Fsp3) is 0.143. The molecule has 2 atom stereocenters. The minimum Gasteiger partial charge on any atom is -0.508 e. The van der Waals surface area contributed by atoms with Crippen molar-refractivity contribution < 1.29 is 14.9 Å². The van der Waals surface area contributed by atoms with Crippen LogP contribution in [-0.4, -0.2) is 16.8 Å². The summed E-state index contributed by atoms with van der Waals surface area (Å²) in [5.41, 5.74) is 9.94. The molecule has 0 amide bonds. The summed E-state index contributed by atoms with van der Waals surface area (Å²) in [7, 11) is 0. The Bertz CT molecular complexity index is 905. The van der Waals surface area contributed by atoms with Crippen LogP contribution in [-0.2, 0) is 0 Å². The van der Waals surface area contributed by atoms with Gasteiger partial charge in [-0.1, -0.05) is 30.3 Å². The number of hydrogen-bond acceptors (Lipinski definition) is 4. The van der Waals surface area contributed by atoms with E-state index >= 15 is 0 Å². The van der Waals surface area contributed by atoms with Gasteiger partial charge >= 0.3 is 0 Å². The van der Waals surface area contributed by atoms with Gasteiger partial charge in [0.2, 0.25) is 0 Å². The Balaban J connectivity index is 1.86. The lowest BCUT2D eigenvalue weighted by molar-refractivity contribution is 0.247. The van der Waals surface area contributed by atoms with E-state index in [0.29, 0.717) is 18.0 Å². The standard InChI is InChI=1S/C21H19NO3/c22-15-3-1-2-14(10-15)21-18-9-8-17(24)11-20(18)25-12-19(21)13-4-6-16(23)7-5-13/h1-11,19,21,23-24H,12,22H2/t19-,21-/m0/s1. The second kappa shape index (κ2) is 6.06. The molecule has 4 heteroatoms. The third kappa shape index (κ3) is 2.87. The monoisotopic (exact) mass is 333 g/mol. The highest BCUT2D eigenvalue weighted by molar-refractivity contribution is 5.53. The molecule has 0 aliphatic carbocycles. The fourth-order valence-corrected chi connectivity index (χ4v) is 3.57. The lowest BCUT2D eigenvalue weighted by Gasteiger charge is -2.34. The molecule has 4 nitrogen and oxygen atoms in total. The second-order valence-corrected chi connectivity index (χ2v) is 6.38. The highest BCUT2D eigenvalue weighted by Gasteiger charge is 2.33. The molecule has 3 aromatic carbocycles. The lowest BCUT2D eigenvalue weighted by Crippen LogP contribution is -2.25. The molecule has 0 aromatic heterocycles. The molecular weight excluding hydrogens is 314 g/mol. The molecule has 1 aliphatic heterocycles. The molecule has 1 heterocycles. The van der Waals surface area contributed by atoms with Crippen LogP contribution in [0.25, 0.3) is 0 Å². The average Bonchev–Trinajstić information content (AvgIpc) is 2.61. The van der Waals surface area contributed by atoms with Crippen molar-refractivity contribution in [3.8, 4) is 17.2 Å². The summed E-state index contributed by atoms with van der Waals surface area (Å²) in [6, 6.07) is 20.4. The van der Waals surface area contributed by atoms with Gasteiger partial charge in [0.05, 0.1) is 6.61 Å². The molecule has 4 rings (SSSR count). The van der Waals surface area contributed by atoms with E-state index in [-0.39, 0.29) is 23.3 Å². The highest BCUT2D eigenvalue weighted by Crippen LogP contribution is 2.47. The zero-order valence-corrected chi connectivity index (χ0v) is 13.6. The minimum atomic E-state index is 0.0531. The first kappa shape index (κ1) is 15.4. The number of nitrogen functional groups attached to an aromatic ring is 1. The Morgan fingerprint density at radius 3 is 2.36 bits per heavy atom. The number of phenols is 2. The van der Waals surface area contributed by atoms with Crippen molar-refractivity contribution in [2.24, 2.45) is 0 Å². The number of hydrogen-bond donors (Lipinski definition) is 3. The molecule has 126 valence electrons. The van der Waals surface area contributed by atoms with Gasteiger partial charge in [-0.05, 0) is 41.5 Å². The average molecular weight is 333 g/mol. The zero-order chi connectivity index (χ0) is 17.4. The van der Waals surface area contributed by atoms with Gasteiger partial charge in [-0.2, -0.15) is 0 Å². The van der Waals surface area contributed by atoms with Crippen LogP contribution in [0.1, 0.15) is 28.5 Å². The SMILES string of the molecule is Nc1cccc([C@H]2c3ccc(O)cc3OC[C@H]2c2ccc(O)cc2)c1. The number of aromatic hydroxyl groups is 2. The van der Waals surface area contributed by atoms with Gasteiger partial charge in [0.1, 0.15) is 17.2 Å². The van der Waals surface area contributed by atoms with Gasteiger partial charge in [0.15, 0.2) is 0 Å². The van der Waals surface area contributed by atoms with Gasteiger partial charge in [0, 0.05) is 29.2 Å². The number of anilines is 1. The summed E-state index contributed by atoms with van der Waals surface area (Å²) < 4.78 is 5.93. The zero-order valence-electron chi connectivity index (χ0n) is 13.6. The summed E-state index contributed by atoms with van der Waals surface area (Å²) >= 11 is 0. The number of benzene rings is 3. The Morgan fingerprint density at radius 1 is 0.840 bits per heavy atom. The predicted molar refractivity (Wildman–Crippen MR) is 97.1 cm³/mol. The third-order valence-electron chi connectivity index (χ3n) is 4.74. The summed E-state index contributed by atoms with van der Waals surface area (Å²) in [6.45, 7) is 0.487. The Morgan fingerprint density at radius 2 is 1.60 bits per heavy atom. The third-order valence-corrected chi connectivity index (χ3v) is 4.74. The van der Waals surface area contributed by atoms with Crippen molar-refractivity contribution in [3.63, 3.8) is 0 Å².